The topological polar surface area (TPSA) is 358 Å². The van der Waals surface area contributed by atoms with E-state index < -0.39 is 319 Å². The molecule has 8 saturated heterocycles. The van der Waals surface area contributed by atoms with E-state index in [1.807, 2.05) is 5.32 Å². The van der Waals surface area contributed by atoms with Crippen molar-refractivity contribution in [3.63, 3.8) is 0 Å². The zero-order valence-corrected chi connectivity index (χ0v) is 78.1. The number of amides is 12. The van der Waals surface area contributed by atoms with Crippen LogP contribution < -0.4 is 41.4 Å². The summed E-state index contributed by atoms with van der Waals surface area (Å²) in [6.07, 6.45) is -23.9. The van der Waals surface area contributed by atoms with Crippen molar-refractivity contribution in [1.82, 2.24) is 60.5 Å². The number of fused-ring (bicyclic) bond motifs is 4. The van der Waals surface area contributed by atoms with Crippen LogP contribution in [0.2, 0.25) is 0 Å². The van der Waals surface area contributed by atoms with Crippen LogP contribution in [0, 0.1) is 23.3 Å². The lowest BCUT2D eigenvalue weighted by molar-refractivity contribution is -0.138. The molecule has 8 aromatic carbocycles. The fourth-order valence-corrected chi connectivity index (χ4v) is 17.2. The largest absolute Gasteiger partial charge is 0.488 e. The van der Waals surface area contributed by atoms with E-state index in [0.717, 1.165) is 78.9 Å². The first-order chi connectivity index (χ1) is 83.4. The van der Waals surface area contributed by atoms with Gasteiger partial charge in [0.05, 0.1) is 86.5 Å². The number of benzene rings is 8. The minimum absolute atomic E-state index is 0.0401. The van der Waals surface area contributed by atoms with E-state index in [9.17, 15) is 57.5 Å². The third-order valence-corrected chi connectivity index (χ3v) is 23.2. The molecule has 12 unspecified atom stereocenters. The predicted molar refractivity (Wildman–Crippen MR) is 520 cm³/mol. The number of morpholine rings is 4. The van der Waals surface area contributed by atoms with Gasteiger partial charge in [-0.1, -0.05) is 48.5 Å². The highest BCUT2D eigenvalue weighted by Crippen LogP contribution is 2.40. The number of hydrogen-bond donors (Lipinski definition) is 6. The van der Waals surface area contributed by atoms with E-state index in [2.05, 4.69) is 10.6 Å². The summed E-state index contributed by atoms with van der Waals surface area (Å²) in [5.41, 5.74) is -7.83. The Hall–Kier alpha value is -13.2. The molecule has 8 aromatic rings. The second kappa shape index (κ2) is 45.0. The maximum absolute atomic E-state index is 15.3. The summed E-state index contributed by atoms with van der Waals surface area (Å²) in [6, 6.07) is 15.3. The maximum atomic E-state index is 15.3. The summed E-state index contributed by atoms with van der Waals surface area (Å²) < 4.78 is 419. The van der Waals surface area contributed by atoms with Gasteiger partial charge >= 0.3 is 0 Å². The van der Waals surface area contributed by atoms with Crippen LogP contribution in [0.25, 0.3) is 0 Å². The first kappa shape index (κ1) is 64.5. The Morgan fingerprint density at radius 3 is 1.02 bits per heavy atom. The third kappa shape index (κ3) is 24.2. The highest BCUT2D eigenvalue weighted by molar-refractivity contribution is 6.09. The number of anilines is 2. The van der Waals surface area contributed by atoms with Gasteiger partial charge in [-0.15, -0.1) is 0 Å². The highest BCUT2D eigenvalue weighted by atomic mass is 19.1. The Kier molecular flexibility index (Phi) is 20.2. The van der Waals surface area contributed by atoms with Gasteiger partial charge in [0.2, 0.25) is 47.3 Å². The first-order valence-electron chi connectivity index (χ1n) is 64.5. The van der Waals surface area contributed by atoms with E-state index in [-0.39, 0.29) is 156 Å². The molecule has 12 heterocycles. The Labute approximate surface area is 886 Å². The number of carbonyl (C=O) groups excluding carboxylic acids is 12. The molecular weight excluding hydrogens is 1860 g/mol. The summed E-state index contributed by atoms with van der Waals surface area (Å²) in [4.78, 5) is 160. The van der Waals surface area contributed by atoms with Crippen molar-refractivity contribution in [3.05, 3.63) is 258 Å². The standard InChI is InChI=1S/2C27H31FN4O4.2C27H30FN3O5/c2*1-16-12-31(13-17(2)36-16)14-18-6-7-22(28)19(10-18)11-29-23-5-3-4-20-21(23)15-32(27(20)35)24-8-9-25(33)30-26(24)34;2*1-16-11-30(12-17(2)36-16)13-18-6-7-22(28)19(10-18)15-35-24-5-3-4-20-21(24)14-31(27(20)34)23-8-9-25(32)29-26(23)33/h2*3-7,10,16-17,24,29H,8-9,11-15H2,1-2H3,(H,30,33,34);2*3-7,10,16-17,23H,8-9,11-15H2,1-2H3,(H,29,32,33)/i8D2,9D2,11D2,14D2,15D2,24D;8D2,9D2,11D2,14D2,15D2;8D2,9D2,13D2,14D2,15D2;13D2,14D2,15D2,23D. The van der Waals surface area contributed by atoms with Crippen LogP contribution >= 0.6 is 0 Å². The number of hydrogen-bond acceptors (Lipinski definition) is 24. The van der Waals surface area contributed by atoms with Crippen molar-refractivity contribution in [2.75, 3.05) is 63.0 Å². The molecule has 12 atom stereocenters. The highest BCUT2D eigenvalue weighted by Gasteiger charge is 2.46. The molecule has 12 aliphatic rings. The van der Waals surface area contributed by atoms with Gasteiger partial charge < -0.3 is 58.7 Å². The minimum Gasteiger partial charge on any atom is -0.488 e. The van der Waals surface area contributed by atoms with Crippen molar-refractivity contribution in [1.29, 1.82) is 0 Å². The molecule has 20 rings (SSSR count). The first-order valence-corrected chi connectivity index (χ1v) is 45.5. The molecule has 32 nitrogen and oxygen atoms in total. The maximum Gasteiger partial charge on any atom is 0.255 e. The fourth-order valence-electron chi connectivity index (χ4n) is 17.2. The number of imide groups is 4. The molecule has 0 aromatic heterocycles. The molecule has 144 heavy (non-hydrogen) atoms. The zero-order valence-electron chi connectivity index (χ0n) is 116. The Bertz CT molecular complexity index is 8020. The predicted octanol–water partition coefficient (Wildman–Crippen LogP) is 11.2. The summed E-state index contributed by atoms with van der Waals surface area (Å²) in [7, 11) is 0. The smallest absolute Gasteiger partial charge is 0.255 e. The number of piperidine rings is 4. The Morgan fingerprint density at radius 2 is 0.646 bits per heavy atom. The van der Waals surface area contributed by atoms with Crippen molar-refractivity contribution in [3.8, 4) is 11.5 Å². The molecule has 0 saturated carbocycles. The Balaban J connectivity index is 0.000000160. The molecule has 0 spiro atoms. The fraction of sp³-hybridized carbons (Fsp3) is 0.444. The summed E-state index contributed by atoms with van der Waals surface area (Å²) in [5, 5.41) is 11.5. The molecule has 6 N–H and O–H groups in total. The minimum atomic E-state index is -3.77. The summed E-state index contributed by atoms with van der Waals surface area (Å²) in [5.74, 6) is -21.8. The molecule has 8 fully saturated rings. The molecule has 0 aliphatic carbocycles. The molecule has 0 bridgehead atoms. The van der Waals surface area contributed by atoms with Crippen molar-refractivity contribution in [2.45, 2.75) is 258 Å². The van der Waals surface area contributed by atoms with Gasteiger partial charge in [-0.05, 0) is 200 Å². The third-order valence-electron chi connectivity index (χ3n) is 23.2. The van der Waals surface area contributed by atoms with Gasteiger partial charge in [0, 0.05) is 235 Å². The monoisotopic (exact) mass is 2020 g/mol. The number of halogens is 4. The second-order valence-corrected chi connectivity index (χ2v) is 34.9. The van der Waals surface area contributed by atoms with Gasteiger partial charge in [-0.3, -0.25) is 98.4 Å². The van der Waals surface area contributed by atoms with Crippen LogP contribution in [0.4, 0.5) is 28.9 Å². The number of nitrogens with zero attached hydrogens (tertiary/aromatic N) is 8. The van der Waals surface area contributed by atoms with E-state index in [4.69, 9.17) is 80.5 Å². The quantitative estimate of drug-likeness (QED) is 0.0242. The van der Waals surface area contributed by atoms with E-state index in [1.165, 1.54) is 91.6 Å². The number of ether oxygens (including phenoxy) is 6. The van der Waals surface area contributed by atoms with Gasteiger partial charge in [0.1, 0.15) is 72.0 Å². The molecule has 0 radical (unpaired) electrons. The number of nitrogens with one attached hydrogen (secondary N) is 6. The van der Waals surface area contributed by atoms with Crippen molar-refractivity contribution in [2.24, 2.45) is 0 Å². The van der Waals surface area contributed by atoms with E-state index in [0.29, 0.717) is 4.90 Å². The van der Waals surface area contributed by atoms with Gasteiger partial charge in [0.25, 0.3) is 23.6 Å². The van der Waals surface area contributed by atoms with Crippen LogP contribution in [0.1, 0.15) is 267 Å². The summed E-state index contributed by atoms with van der Waals surface area (Å²) in [6.45, 7) is -16.8. The number of rotatable bonds is 24. The van der Waals surface area contributed by atoms with Crippen LogP contribution in [0.15, 0.2) is 146 Å². The van der Waals surface area contributed by atoms with E-state index in [1.54, 1.807) is 66.0 Å². The molecular formula is C108H122F4N14O18. The van der Waals surface area contributed by atoms with Crippen LogP contribution in [-0.4, -0.2) is 235 Å². The SMILES string of the molecule is [2H]C([2H])(Nc1cccc2c1C([2H])([2H])N(C1([2H])C(=O)NC(=O)C([2H])([2H])C1([2H])[2H])C2=O)c1cc(C([2H])([2H])N2CC(C)OC(C)C2)ccc1F.[2H]C([2H])(Nc1cccc2c1C([2H])([2H])N(C1C(=O)NC(=O)C([2H])([2H])C1([2H])[2H])C2=O)c1cc(C([2H])([2H])N2CC(C)OC(C)C2)ccc1F.[2H]C([2H])(Oc1cccc2c1C([2H])([2H])N(C1([2H])CCC(=O)NC1=O)C2=O)c1cc(C([2H])([2H])N2CC(C)OC(C)C2)ccc1F.[2H]C([2H])(Oc1cccc2c1C([2H])([2H])N(C1C(=O)NC(=O)C([2H])([2H])C1([2H])[2H])C2=O)c1cc(C([2H])([2H])N2CC(C)OC(C)C2)ccc1F. The van der Waals surface area contributed by atoms with Gasteiger partial charge in [-0.25, -0.2) is 17.6 Å². The van der Waals surface area contributed by atoms with Gasteiger partial charge in [0.15, 0.2) is 0 Å². The lowest BCUT2D eigenvalue weighted by Gasteiger charge is -2.35. The summed E-state index contributed by atoms with van der Waals surface area (Å²) >= 11 is 0. The number of carbonyl (C=O) groups is 12. The van der Waals surface area contributed by atoms with Crippen LogP contribution in [-0.2, 0) is 135 Å². The average Bonchev–Trinajstić information content (AvgIpc) is 1.49. The van der Waals surface area contributed by atoms with Gasteiger partial charge in [-0.2, -0.15) is 0 Å². The van der Waals surface area contributed by atoms with Crippen LogP contribution in [0.3, 0.4) is 0 Å². The van der Waals surface area contributed by atoms with Crippen molar-refractivity contribution >= 4 is 82.3 Å². The lowest BCUT2D eigenvalue weighted by Crippen LogP contribution is -2.52. The molecule has 36 heteroatoms. The normalized spacial score (nSPS) is 33.8. The average molecular weight is 2020 g/mol. The molecule has 12 amide bonds. The Morgan fingerprint density at radius 1 is 0.354 bits per heavy atom. The second-order valence-electron chi connectivity index (χ2n) is 34.9. The molecule has 12 aliphatic heterocycles. The lowest BCUT2D eigenvalue weighted by atomic mass is 10.0. The van der Waals surface area contributed by atoms with Crippen LogP contribution in [0.5, 0.6) is 11.5 Å². The van der Waals surface area contributed by atoms with E-state index >= 15 is 17.6 Å². The molecule has 760 valence electrons. The van der Waals surface area contributed by atoms with Crippen molar-refractivity contribution < 1.29 is 156 Å². The zero-order chi connectivity index (χ0) is 136.